The van der Waals surface area contributed by atoms with Gasteiger partial charge in [-0.1, -0.05) is 6.42 Å². The minimum atomic E-state index is -0.748. The van der Waals surface area contributed by atoms with Crippen LogP contribution in [0.5, 0.6) is 0 Å². The number of rotatable bonds is 6. The summed E-state index contributed by atoms with van der Waals surface area (Å²) in [5.41, 5.74) is 0. The molecule has 1 aromatic rings. The topological polar surface area (TPSA) is 53.0 Å². The van der Waals surface area contributed by atoms with Crippen LogP contribution in [0, 0.1) is 0 Å². The van der Waals surface area contributed by atoms with Crippen LogP contribution in [0.25, 0.3) is 0 Å². The summed E-state index contributed by atoms with van der Waals surface area (Å²) in [7, 11) is 0. The predicted octanol–water partition coefficient (Wildman–Crippen LogP) is 2.41. The average Bonchev–Trinajstić information content (AvgIpc) is 2.97. The lowest BCUT2D eigenvalue weighted by Gasteiger charge is -2.34. The van der Waals surface area contributed by atoms with Crippen LogP contribution in [0.3, 0.4) is 0 Å². The average molecular weight is 338 g/mol. The molecule has 1 atom stereocenters. The van der Waals surface area contributed by atoms with Gasteiger partial charge in [-0.2, -0.15) is 0 Å². The largest absolute Gasteiger partial charge is 0.481 e. The van der Waals surface area contributed by atoms with Crippen molar-refractivity contribution in [3.8, 4) is 0 Å². The third kappa shape index (κ3) is 5.01. The predicted molar refractivity (Wildman–Crippen MR) is 90.7 cm³/mol. The van der Waals surface area contributed by atoms with E-state index in [4.69, 9.17) is 9.84 Å². The highest BCUT2D eigenvalue weighted by molar-refractivity contribution is 7.11. The number of aliphatic carboxylic acids is 1. The summed E-state index contributed by atoms with van der Waals surface area (Å²) in [6, 6.07) is 4.44. The molecular weight excluding hydrogens is 312 g/mol. The fourth-order valence-electron chi connectivity index (χ4n) is 3.42. The van der Waals surface area contributed by atoms with Gasteiger partial charge in [-0.05, 0) is 38.1 Å². The third-order valence-electron chi connectivity index (χ3n) is 4.66. The zero-order valence-electron chi connectivity index (χ0n) is 13.6. The second-order valence-corrected chi connectivity index (χ2v) is 7.75. The standard InChI is InChI=1S/C17H26N2O3S/c20-17(21)10-14-13-22-9-8-19(14)12-16-5-4-15(23-16)11-18-6-2-1-3-7-18/h4-5,14H,1-3,6-13H2,(H,20,21). The molecule has 0 saturated carbocycles. The summed E-state index contributed by atoms with van der Waals surface area (Å²) in [6.07, 6.45) is 4.17. The zero-order chi connectivity index (χ0) is 16.1. The lowest BCUT2D eigenvalue weighted by Crippen LogP contribution is -2.45. The molecule has 2 saturated heterocycles. The van der Waals surface area contributed by atoms with Crippen molar-refractivity contribution in [1.82, 2.24) is 9.80 Å². The van der Waals surface area contributed by atoms with Gasteiger partial charge in [0.1, 0.15) is 0 Å². The van der Waals surface area contributed by atoms with Gasteiger partial charge in [0.2, 0.25) is 0 Å². The number of hydrogen-bond acceptors (Lipinski definition) is 5. The van der Waals surface area contributed by atoms with E-state index < -0.39 is 5.97 Å². The van der Waals surface area contributed by atoms with Crippen LogP contribution >= 0.6 is 11.3 Å². The normalized spacial score (nSPS) is 23.9. The first-order valence-electron chi connectivity index (χ1n) is 8.54. The number of carboxylic acid groups (broad SMARTS) is 1. The Bertz CT molecular complexity index is 514. The summed E-state index contributed by atoms with van der Waals surface area (Å²) in [5.74, 6) is -0.748. The Morgan fingerprint density at radius 3 is 2.65 bits per heavy atom. The van der Waals surface area contributed by atoms with E-state index in [1.807, 2.05) is 11.3 Å². The smallest absolute Gasteiger partial charge is 0.305 e. The fourth-order valence-corrected chi connectivity index (χ4v) is 4.50. The van der Waals surface area contributed by atoms with Crippen molar-refractivity contribution in [1.29, 1.82) is 0 Å². The van der Waals surface area contributed by atoms with Gasteiger partial charge in [0, 0.05) is 35.4 Å². The maximum Gasteiger partial charge on any atom is 0.305 e. The van der Waals surface area contributed by atoms with Crippen LogP contribution in [0.4, 0.5) is 0 Å². The first-order chi connectivity index (χ1) is 11.2. The molecule has 2 fully saturated rings. The Hall–Kier alpha value is -0.950. The number of carbonyl (C=O) groups is 1. The molecule has 0 bridgehead atoms. The molecule has 3 rings (SSSR count). The van der Waals surface area contributed by atoms with Gasteiger partial charge in [-0.25, -0.2) is 0 Å². The molecule has 0 aromatic carbocycles. The second-order valence-electron chi connectivity index (χ2n) is 6.50. The fraction of sp³-hybridized carbons (Fsp3) is 0.706. The number of ether oxygens (including phenoxy) is 1. The third-order valence-corrected chi connectivity index (χ3v) is 5.72. The molecule has 2 aliphatic rings. The van der Waals surface area contributed by atoms with E-state index in [0.717, 1.165) is 19.6 Å². The number of likely N-dealkylation sites (tertiary alicyclic amines) is 1. The molecule has 5 nitrogen and oxygen atoms in total. The van der Waals surface area contributed by atoms with E-state index >= 15 is 0 Å². The van der Waals surface area contributed by atoms with Gasteiger partial charge in [0.25, 0.3) is 0 Å². The maximum absolute atomic E-state index is 11.0. The van der Waals surface area contributed by atoms with Crippen LogP contribution in [0.15, 0.2) is 12.1 Å². The molecule has 23 heavy (non-hydrogen) atoms. The highest BCUT2D eigenvalue weighted by Gasteiger charge is 2.25. The van der Waals surface area contributed by atoms with Gasteiger partial charge in [-0.3, -0.25) is 14.6 Å². The number of nitrogens with zero attached hydrogens (tertiary/aromatic N) is 2. The van der Waals surface area contributed by atoms with Gasteiger partial charge in [0.15, 0.2) is 0 Å². The Morgan fingerprint density at radius 2 is 1.91 bits per heavy atom. The minimum Gasteiger partial charge on any atom is -0.481 e. The van der Waals surface area contributed by atoms with Gasteiger partial charge in [0.05, 0.1) is 19.6 Å². The molecule has 2 aliphatic heterocycles. The molecule has 0 spiro atoms. The Balaban J connectivity index is 1.55. The SMILES string of the molecule is O=C(O)CC1COCCN1Cc1ccc(CN2CCCCC2)s1. The summed E-state index contributed by atoms with van der Waals surface area (Å²) >= 11 is 1.87. The van der Waals surface area contributed by atoms with Crippen LogP contribution in [0.1, 0.15) is 35.4 Å². The van der Waals surface area contributed by atoms with E-state index in [1.165, 1.54) is 42.1 Å². The van der Waals surface area contributed by atoms with E-state index in [0.29, 0.717) is 13.2 Å². The van der Waals surface area contributed by atoms with Crippen molar-refractivity contribution in [2.75, 3.05) is 32.8 Å². The molecule has 0 aliphatic carbocycles. The first-order valence-corrected chi connectivity index (χ1v) is 9.36. The van der Waals surface area contributed by atoms with Crippen molar-refractivity contribution in [2.45, 2.75) is 44.8 Å². The zero-order valence-corrected chi connectivity index (χ0v) is 14.4. The molecular formula is C17H26N2O3S. The summed E-state index contributed by atoms with van der Waals surface area (Å²) in [5, 5.41) is 9.05. The Morgan fingerprint density at radius 1 is 1.17 bits per heavy atom. The lowest BCUT2D eigenvalue weighted by atomic mass is 10.1. The highest BCUT2D eigenvalue weighted by Crippen LogP contribution is 2.23. The van der Waals surface area contributed by atoms with Crippen molar-refractivity contribution in [3.63, 3.8) is 0 Å². The number of carboxylic acids is 1. The molecule has 6 heteroatoms. The van der Waals surface area contributed by atoms with E-state index in [9.17, 15) is 4.79 Å². The molecule has 1 aromatic heterocycles. The summed E-state index contributed by atoms with van der Waals surface area (Å²) < 4.78 is 5.45. The molecule has 128 valence electrons. The van der Waals surface area contributed by atoms with Crippen LogP contribution in [-0.4, -0.2) is 59.8 Å². The van der Waals surface area contributed by atoms with Crippen LogP contribution in [0.2, 0.25) is 0 Å². The van der Waals surface area contributed by atoms with Crippen molar-refractivity contribution in [2.24, 2.45) is 0 Å². The molecule has 1 N–H and O–H groups in total. The Labute approximate surface area is 141 Å². The maximum atomic E-state index is 11.0. The monoisotopic (exact) mass is 338 g/mol. The summed E-state index contributed by atoms with van der Waals surface area (Å²) in [6.45, 7) is 6.38. The second kappa shape index (κ2) is 8.24. The van der Waals surface area contributed by atoms with Crippen molar-refractivity contribution in [3.05, 3.63) is 21.9 Å². The van der Waals surface area contributed by atoms with E-state index in [2.05, 4.69) is 21.9 Å². The highest BCUT2D eigenvalue weighted by atomic mass is 32.1. The van der Waals surface area contributed by atoms with Crippen LogP contribution in [-0.2, 0) is 22.6 Å². The van der Waals surface area contributed by atoms with Gasteiger partial charge in [-0.15, -0.1) is 11.3 Å². The van der Waals surface area contributed by atoms with Crippen LogP contribution < -0.4 is 0 Å². The summed E-state index contributed by atoms with van der Waals surface area (Å²) in [4.78, 5) is 18.6. The number of thiophene rings is 1. The quantitative estimate of drug-likeness (QED) is 0.863. The van der Waals surface area contributed by atoms with E-state index in [-0.39, 0.29) is 12.5 Å². The van der Waals surface area contributed by atoms with Gasteiger partial charge < -0.3 is 9.84 Å². The minimum absolute atomic E-state index is 0.00565. The lowest BCUT2D eigenvalue weighted by molar-refractivity contribution is -0.140. The first kappa shape index (κ1) is 16.9. The molecule has 0 amide bonds. The number of morpholine rings is 1. The molecule has 3 heterocycles. The van der Waals surface area contributed by atoms with Gasteiger partial charge >= 0.3 is 5.97 Å². The molecule has 0 radical (unpaired) electrons. The number of hydrogen-bond donors (Lipinski definition) is 1. The van der Waals surface area contributed by atoms with Crippen molar-refractivity contribution < 1.29 is 14.6 Å². The number of piperidine rings is 1. The Kier molecular flexibility index (Phi) is 6.05. The van der Waals surface area contributed by atoms with Crippen molar-refractivity contribution >= 4 is 17.3 Å². The molecule has 1 unspecified atom stereocenters. The van der Waals surface area contributed by atoms with E-state index in [1.54, 1.807) is 0 Å².